The first-order valence-electron chi connectivity index (χ1n) is 7.12. The lowest BCUT2D eigenvalue weighted by atomic mass is 10.1. The van der Waals surface area contributed by atoms with E-state index in [0.717, 1.165) is 27.8 Å². The van der Waals surface area contributed by atoms with E-state index in [9.17, 15) is 5.11 Å². The Morgan fingerprint density at radius 3 is 2.62 bits per heavy atom. The third kappa shape index (κ3) is 3.61. The molecular formula is C16H22N2O2S. The van der Waals surface area contributed by atoms with E-state index in [-0.39, 0.29) is 12.6 Å². The van der Waals surface area contributed by atoms with Crippen LogP contribution in [-0.2, 0) is 11.3 Å². The number of thiazole rings is 1. The standard InChI is InChI=1S/C16H22N2O2S/c1-4-18(12(2)11-20-3)16-17-15(14(10-19)21-16)13-8-6-5-7-9-13/h5-9,12,19H,4,10-11H2,1-3H3. The van der Waals surface area contributed by atoms with Gasteiger partial charge in [-0.2, -0.15) is 0 Å². The molecule has 0 aliphatic rings. The molecule has 1 unspecified atom stereocenters. The number of benzene rings is 1. The van der Waals surface area contributed by atoms with E-state index in [0.29, 0.717) is 6.61 Å². The Balaban J connectivity index is 2.36. The fraction of sp³-hybridized carbons (Fsp3) is 0.438. The van der Waals surface area contributed by atoms with E-state index in [1.807, 2.05) is 30.3 Å². The van der Waals surface area contributed by atoms with E-state index in [1.54, 1.807) is 18.4 Å². The zero-order valence-corrected chi connectivity index (χ0v) is 13.6. The first-order valence-corrected chi connectivity index (χ1v) is 7.94. The Bertz CT molecular complexity index is 557. The highest BCUT2D eigenvalue weighted by molar-refractivity contribution is 7.16. The highest BCUT2D eigenvalue weighted by Crippen LogP contribution is 2.33. The smallest absolute Gasteiger partial charge is 0.186 e. The minimum atomic E-state index is 0.0120. The molecule has 0 spiro atoms. The normalized spacial score (nSPS) is 12.4. The summed E-state index contributed by atoms with van der Waals surface area (Å²) in [5.74, 6) is 0. The first-order chi connectivity index (χ1) is 10.2. The van der Waals surface area contributed by atoms with Crippen molar-refractivity contribution in [2.24, 2.45) is 0 Å². The molecular weight excluding hydrogens is 284 g/mol. The summed E-state index contributed by atoms with van der Waals surface area (Å²) < 4.78 is 5.24. The molecule has 0 saturated carbocycles. The summed E-state index contributed by atoms with van der Waals surface area (Å²) in [7, 11) is 1.71. The van der Waals surface area contributed by atoms with Gasteiger partial charge in [-0.25, -0.2) is 4.98 Å². The number of aliphatic hydroxyl groups excluding tert-OH is 1. The van der Waals surface area contributed by atoms with Crippen molar-refractivity contribution in [2.45, 2.75) is 26.5 Å². The lowest BCUT2D eigenvalue weighted by Crippen LogP contribution is -2.36. The van der Waals surface area contributed by atoms with Gasteiger partial charge in [-0.05, 0) is 13.8 Å². The second-order valence-electron chi connectivity index (χ2n) is 4.88. The number of aromatic nitrogens is 1. The van der Waals surface area contributed by atoms with Crippen LogP contribution in [0.5, 0.6) is 0 Å². The maximum atomic E-state index is 9.62. The van der Waals surface area contributed by atoms with Crippen molar-refractivity contribution in [2.75, 3.05) is 25.2 Å². The molecule has 0 amide bonds. The second-order valence-corrected chi connectivity index (χ2v) is 5.94. The Kier molecular flexibility index (Phi) is 5.73. The molecule has 1 aromatic heterocycles. The van der Waals surface area contributed by atoms with E-state index in [2.05, 4.69) is 18.7 Å². The number of hydrogen-bond acceptors (Lipinski definition) is 5. The third-order valence-electron chi connectivity index (χ3n) is 3.40. The molecule has 0 fully saturated rings. The molecule has 0 aliphatic heterocycles. The van der Waals surface area contributed by atoms with Gasteiger partial charge in [0.25, 0.3) is 0 Å². The van der Waals surface area contributed by atoms with Gasteiger partial charge in [0.1, 0.15) is 0 Å². The van der Waals surface area contributed by atoms with Crippen molar-refractivity contribution in [3.8, 4) is 11.3 Å². The van der Waals surface area contributed by atoms with Crippen molar-refractivity contribution in [1.82, 2.24) is 4.98 Å². The van der Waals surface area contributed by atoms with Crippen LogP contribution in [0.3, 0.4) is 0 Å². The van der Waals surface area contributed by atoms with Gasteiger partial charge in [-0.1, -0.05) is 41.7 Å². The zero-order chi connectivity index (χ0) is 15.2. The highest BCUT2D eigenvalue weighted by Gasteiger charge is 2.19. The summed E-state index contributed by atoms with van der Waals surface area (Å²) in [6, 6.07) is 10.2. The molecule has 0 radical (unpaired) electrons. The number of aliphatic hydroxyl groups is 1. The van der Waals surface area contributed by atoms with Gasteiger partial charge in [0.15, 0.2) is 5.13 Å². The molecule has 0 bridgehead atoms. The molecule has 1 heterocycles. The summed E-state index contributed by atoms with van der Waals surface area (Å²) in [5.41, 5.74) is 1.92. The minimum Gasteiger partial charge on any atom is -0.391 e. The Morgan fingerprint density at radius 1 is 1.33 bits per heavy atom. The van der Waals surface area contributed by atoms with Crippen LogP contribution in [0.15, 0.2) is 30.3 Å². The maximum Gasteiger partial charge on any atom is 0.186 e. The summed E-state index contributed by atoms with van der Waals surface area (Å²) in [4.78, 5) is 7.86. The van der Waals surface area contributed by atoms with Gasteiger partial charge in [-0.3, -0.25) is 0 Å². The van der Waals surface area contributed by atoms with Crippen molar-refractivity contribution < 1.29 is 9.84 Å². The Morgan fingerprint density at radius 2 is 2.05 bits per heavy atom. The Hall–Kier alpha value is -1.43. The summed E-state index contributed by atoms with van der Waals surface area (Å²) in [6.07, 6.45) is 0. The van der Waals surface area contributed by atoms with Crippen molar-refractivity contribution >= 4 is 16.5 Å². The third-order valence-corrected chi connectivity index (χ3v) is 4.48. The van der Waals surface area contributed by atoms with Crippen LogP contribution in [0.2, 0.25) is 0 Å². The topological polar surface area (TPSA) is 45.6 Å². The molecule has 0 aliphatic carbocycles. The van der Waals surface area contributed by atoms with Crippen LogP contribution in [0.1, 0.15) is 18.7 Å². The van der Waals surface area contributed by atoms with Gasteiger partial charge < -0.3 is 14.7 Å². The molecule has 2 rings (SSSR count). The molecule has 4 nitrogen and oxygen atoms in total. The van der Waals surface area contributed by atoms with Crippen LogP contribution in [0.4, 0.5) is 5.13 Å². The first kappa shape index (κ1) is 15.9. The predicted octanol–water partition coefficient (Wildman–Crippen LogP) is 3.16. The largest absolute Gasteiger partial charge is 0.391 e. The van der Waals surface area contributed by atoms with E-state index in [4.69, 9.17) is 9.72 Å². The molecule has 2 aromatic rings. The highest BCUT2D eigenvalue weighted by atomic mass is 32.1. The van der Waals surface area contributed by atoms with Crippen molar-refractivity contribution in [1.29, 1.82) is 0 Å². The molecule has 114 valence electrons. The monoisotopic (exact) mass is 306 g/mol. The SMILES string of the molecule is CCN(c1nc(-c2ccccc2)c(CO)s1)C(C)COC. The molecule has 1 aromatic carbocycles. The predicted molar refractivity (Wildman–Crippen MR) is 87.8 cm³/mol. The number of nitrogens with zero attached hydrogens (tertiary/aromatic N) is 2. The average molecular weight is 306 g/mol. The number of methoxy groups -OCH3 is 1. The molecule has 5 heteroatoms. The van der Waals surface area contributed by atoms with Crippen LogP contribution < -0.4 is 4.90 Å². The average Bonchev–Trinajstić information content (AvgIpc) is 2.93. The van der Waals surface area contributed by atoms with Crippen LogP contribution >= 0.6 is 11.3 Å². The number of hydrogen-bond donors (Lipinski definition) is 1. The fourth-order valence-corrected chi connectivity index (χ4v) is 3.47. The lowest BCUT2D eigenvalue weighted by molar-refractivity contribution is 0.182. The summed E-state index contributed by atoms with van der Waals surface area (Å²) in [6.45, 7) is 5.75. The number of rotatable bonds is 7. The Labute approximate surface area is 130 Å². The van der Waals surface area contributed by atoms with Crippen molar-refractivity contribution in [3.05, 3.63) is 35.2 Å². The fourth-order valence-electron chi connectivity index (χ4n) is 2.36. The second kappa shape index (κ2) is 7.54. The van der Waals surface area contributed by atoms with Gasteiger partial charge in [0.2, 0.25) is 0 Å². The van der Waals surface area contributed by atoms with Crippen molar-refractivity contribution in [3.63, 3.8) is 0 Å². The minimum absolute atomic E-state index is 0.0120. The number of anilines is 1. The summed E-state index contributed by atoms with van der Waals surface area (Å²) in [5, 5.41) is 10.6. The maximum absolute atomic E-state index is 9.62. The van der Waals surface area contributed by atoms with Crippen LogP contribution in [0, 0.1) is 0 Å². The molecule has 21 heavy (non-hydrogen) atoms. The number of ether oxygens (including phenoxy) is 1. The van der Waals surface area contributed by atoms with E-state index in [1.165, 1.54) is 0 Å². The van der Waals surface area contributed by atoms with Gasteiger partial charge >= 0.3 is 0 Å². The summed E-state index contributed by atoms with van der Waals surface area (Å²) >= 11 is 1.55. The van der Waals surface area contributed by atoms with Crippen LogP contribution in [0.25, 0.3) is 11.3 Å². The molecule has 1 N–H and O–H groups in total. The van der Waals surface area contributed by atoms with E-state index < -0.39 is 0 Å². The lowest BCUT2D eigenvalue weighted by Gasteiger charge is -2.26. The van der Waals surface area contributed by atoms with Gasteiger partial charge in [0, 0.05) is 19.2 Å². The molecule has 0 saturated heterocycles. The van der Waals surface area contributed by atoms with Crippen LogP contribution in [-0.4, -0.2) is 36.4 Å². The van der Waals surface area contributed by atoms with Gasteiger partial charge in [0.05, 0.1) is 29.8 Å². The van der Waals surface area contributed by atoms with E-state index >= 15 is 0 Å². The van der Waals surface area contributed by atoms with Gasteiger partial charge in [-0.15, -0.1) is 0 Å². The molecule has 1 atom stereocenters. The zero-order valence-electron chi connectivity index (χ0n) is 12.7. The quantitative estimate of drug-likeness (QED) is 0.853. The number of likely N-dealkylation sites (N-methyl/N-ethyl adjacent to an activating group) is 1.